The smallest absolute Gasteiger partial charge is 0.143 e. The monoisotopic (exact) mass is 402 g/mol. The molecule has 0 amide bonds. The summed E-state index contributed by atoms with van der Waals surface area (Å²) in [5.74, 6) is 0. The van der Waals surface area contributed by atoms with Crippen molar-refractivity contribution in [1.82, 2.24) is 0 Å². The van der Waals surface area contributed by atoms with Gasteiger partial charge in [-0.1, -0.05) is 115 Å². The van der Waals surface area contributed by atoms with Gasteiger partial charge in [0.1, 0.15) is 11.2 Å². The molecular weight excluding hydrogens is 376 g/mol. The average molecular weight is 403 g/mol. The lowest BCUT2D eigenvalue weighted by atomic mass is 9.98. The molecule has 152 valence electrons. The number of benzene rings is 3. The van der Waals surface area contributed by atoms with Crippen molar-refractivity contribution < 1.29 is 4.42 Å². The van der Waals surface area contributed by atoms with Crippen LogP contribution in [0.5, 0.6) is 0 Å². The van der Waals surface area contributed by atoms with Crippen LogP contribution in [0.4, 0.5) is 0 Å². The van der Waals surface area contributed by atoms with Gasteiger partial charge in [-0.2, -0.15) is 0 Å². The van der Waals surface area contributed by atoms with E-state index in [1.165, 1.54) is 5.56 Å². The van der Waals surface area contributed by atoms with Crippen LogP contribution in [0.1, 0.15) is 19.4 Å². The predicted octanol–water partition coefficient (Wildman–Crippen LogP) is 8.90. The second-order valence-corrected chi connectivity index (χ2v) is 7.28. The Bertz CT molecular complexity index is 1320. The molecule has 4 aromatic rings. The van der Waals surface area contributed by atoms with E-state index in [9.17, 15) is 0 Å². The third-order valence-electron chi connectivity index (χ3n) is 5.20. The minimum atomic E-state index is 0.925. The minimum absolute atomic E-state index is 0.925. The Hall–Kier alpha value is -3.84. The third-order valence-corrected chi connectivity index (χ3v) is 5.20. The summed E-state index contributed by atoms with van der Waals surface area (Å²) in [7, 11) is 0. The highest BCUT2D eigenvalue weighted by Crippen LogP contribution is 2.36. The molecule has 1 heterocycles. The Morgan fingerprint density at radius 3 is 2.23 bits per heavy atom. The molecule has 0 saturated heterocycles. The first-order valence-electron chi connectivity index (χ1n) is 10.6. The van der Waals surface area contributed by atoms with E-state index < -0.39 is 0 Å². The van der Waals surface area contributed by atoms with Gasteiger partial charge in [-0.15, -0.1) is 0 Å². The van der Waals surface area contributed by atoms with Crippen LogP contribution in [0.2, 0.25) is 0 Å². The summed E-state index contributed by atoms with van der Waals surface area (Å²) in [4.78, 5) is 0. The summed E-state index contributed by atoms with van der Waals surface area (Å²) < 4.78 is 6.21. The number of rotatable bonds is 6. The van der Waals surface area contributed by atoms with E-state index in [1.54, 1.807) is 0 Å². The summed E-state index contributed by atoms with van der Waals surface area (Å²) in [5, 5.41) is 2.31. The first-order valence-corrected chi connectivity index (χ1v) is 10.6. The first kappa shape index (κ1) is 20.4. The van der Waals surface area contributed by atoms with Gasteiger partial charge in [0.15, 0.2) is 0 Å². The average Bonchev–Trinajstić information content (AvgIpc) is 3.20. The summed E-state index contributed by atoms with van der Waals surface area (Å²) in [6.45, 7) is 4.04. The standard InChI is InChI=1S/C30H26O/c1-3-5-7-8-9-14-23(13-6-4-2)24-19-21-25(22-20-24)26-16-12-17-28-27-15-10-11-18-29(27)31-30(26)28/h3-22H,1-2H3/b5-3+,6-4+,8-7+,14-9-,23-13+. The van der Waals surface area contributed by atoms with E-state index in [0.29, 0.717) is 0 Å². The second-order valence-electron chi connectivity index (χ2n) is 7.28. The lowest BCUT2D eigenvalue weighted by Crippen LogP contribution is -1.83. The fourth-order valence-electron chi connectivity index (χ4n) is 3.66. The summed E-state index contributed by atoms with van der Waals surface area (Å²) in [6, 6.07) is 23.3. The summed E-state index contributed by atoms with van der Waals surface area (Å²) in [5.41, 5.74) is 6.47. The number of hydrogen-bond acceptors (Lipinski definition) is 1. The molecule has 0 unspecified atom stereocenters. The molecule has 0 aliphatic rings. The summed E-state index contributed by atoms with van der Waals surface area (Å²) >= 11 is 0. The van der Waals surface area contributed by atoms with Gasteiger partial charge in [-0.05, 0) is 36.6 Å². The highest BCUT2D eigenvalue weighted by Gasteiger charge is 2.11. The maximum Gasteiger partial charge on any atom is 0.143 e. The van der Waals surface area contributed by atoms with Crippen LogP contribution in [0, 0.1) is 0 Å². The molecule has 0 aliphatic heterocycles. The normalized spacial score (nSPS) is 13.2. The second kappa shape index (κ2) is 9.77. The largest absolute Gasteiger partial charge is 0.455 e. The molecule has 0 saturated carbocycles. The van der Waals surface area contributed by atoms with Crippen LogP contribution < -0.4 is 0 Å². The SMILES string of the molecule is C/C=C/C=C/C=C\C(=C/C=C/C)c1ccc(-c2cccc3c2oc2ccccc23)cc1. The fourth-order valence-corrected chi connectivity index (χ4v) is 3.66. The van der Waals surface area contributed by atoms with Crippen LogP contribution in [-0.4, -0.2) is 0 Å². The van der Waals surface area contributed by atoms with E-state index in [1.807, 2.05) is 56.4 Å². The van der Waals surface area contributed by atoms with Crippen LogP contribution in [0.25, 0.3) is 38.6 Å². The molecule has 1 heteroatoms. The zero-order valence-corrected chi connectivity index (χ0v) is 18.0. The maximum absolute atomic E-state index is 6.21. The molecule has 1 nitrogen and oxygen atoms in total. The Morgan fingerprint density at radius 2 is 1.42 bits per heavy atom. The van der Waals surface area contributed by atoms with E-state index >= 15 is 0 Å². The van der Waals surface area contributed by atoms with E-state index in [4.69, 9.17) is 4.42 Å². The summed E-state index contributed by atoms with van der Waals surface area (Å²) in [6.07, 6.45) is 18.6. The molecule has 0 fully saturated rings. The van der Waals surface area contributed by atoms with Crippen molar-refractivity contribution in [1.29, 1.82) is 0 Å². The van der Waals surface area contributed by atoms with Crippen molar-refractivity contribution >= 4 is 27.5 Å². The van der Waals surface area contributed by atoms with Gasteiger partial charge in [0.25, 0.3) is 0 Å². The quantitative estimate of drug-likeness (QED) is 0.293. The van der Waals surface area contributed by atoms with Crippen LogP contribution in [-0.2, 0) is 0 Å². The molecule has 0 bridgehead atoms. The van der Waals surface area contributed by atoms with Gasteiger partial charge < -0.3 is 4.42 Å². The van der Waals surface area contributed by atoms with E-state index in [0.717, 1.165) is 38.6 Å². The minimum Gasteiger partial charge on any atom is -0.455 e. The molecule has 1 aromatic heterocycles. The van der Waals surface area contributed by atoms with E-state index in [2.05, 4.69) is 78.9 Å². The van der Waals surface area contributed by atoms with Crippen molar-refractivity contribution in [3.8, 4) is 11.1 Å². The van der Waals surface area contributed by atoms with Crippen molar-refractivity contribution in [2.24, 2.45) is 0 Å². The van der Waals surface area contributed by atoms with Crippen molar-refractivity contribution in [3.05, 3.63) is 127 Å². The number of hydrogen-bond donors (Lipinski definition) is 0. The lowest BCUT2D eigenvalue weighted by molar-refractivity contribution is 0.670. The van der Waals surface area contributed by atoms with Gasteiger partial charge in [0.05, 0.1) is 0 Å². The van der Waals surface area contributed by atoms with Crippen molar-refractivity contribution in [2.75, 3.05) is 0 Å². The van der Waals surface area contributed by atoms with Gasteiger partial charge in [-0.3, -0.25) is 0 Å². The molecule has 31 heavy (non-hydrogen) atoms. The number of fused-ring (bicyclic) bond motifs is 3. The van der Waals surface area contributed by atoms with Gasteiger partial charge >= 0.3 is 0 Å². The molecular formula is C30H26O. The molecule has 0 spiro atoms. The molecule has 3 aromatic carbocycles. The number of allylic oxidation sites excluding steroid dienone is 10. The lowest BCUT2D eigenvalue weighted by Gasteiger charge is -2.06. The van der Waals surface area contributed by atoms with Crippen molar-refractivity contribution in [3.63, 3.8) is 0 Å². The van der Waals surface area contributed by atoms with Gasteiger partial charge in [0.2, 0.25) is 0 Å². The van der Waals surface area contributed by atoms with Crippen LogP contribution in [0.3, 0.4) is 0 Å². The highest BCUT2D eigenvalue weighted by atomic mass is 16.3. The molecule has 0 N–H and O–H groups in total. The zero-order valence-electron chi connectivity index (χ0n) is 18.0. The van der Waals surface area contributed by atoms with Crippen LogP contribution >= 0.6 is 0 Å². The maximum atomic E-state index is 6.21. The predicted molar refractivity (Wildman–Crippen MR) is 135 cm³/mol. The number of furan rings is 1. The van der Waals surface area contributed by atoms with Gasteiger partial charge in [-0.25, -0.2) is 0 Å². The van der Waals surface area contributed by atoms with E-state index in [-0.39, 0.29) is 0 Å². The topological polar surface area (TPSA) is 13.1 Å². The molecule has 0 atom stereocenters. The molecule has 4 rings (SSSR count). The van der Waals surface area contributed by atoms with Crippen LogP contribution in [0.15, 0.2) is 126 Å². The third kappa shape index (κ3) is 4.51. The number of para-hydroxylation sites is 2. The Balaban J connectivity index is 1.70. The first-order chi connectivity index (χ1) is 15.3. The fraction of sp³-hybridized carbons (Fsp3) is 0.0667. The highest BCUT2D eigenvalue weighted by molar-refractivity contribution is 6.09. The van der Waals surface area contributed by atoms with Gasteiger partial charge in [0, 0.05) is 16.3 Å². The molecule has 0 radical (unpaired) electrons. The Morgan fingerprint density at radius 1 is 0.677 bits per heavy atom. The Labute approximate surface area is 184 Å². The Kier molecular flexibility index (Phi) is 6.44. The zero-order chi connectivity index (χ0) is 21.5. The molecule has 0 aliphatic carbocycles. The van der Waals surface area contributed by atoms with Crippen molar-refractivity contribution in [2.45, 2.75) is 13.8 Å².